The van der Waals surface area contributed by atoms with Gasteiger partial charge in [-0.3, -0.25) is 4.79 Å². The molecule has 1 amide bonds. The van der Waals surface area contributed by atoms with E-state index < -0.39 is 0 Å². The zero-order chi connectivity index (χ0) is 15.9. The number of rotatable bonds is 8. The minimum absolute atomic E-state index is 0.0755. The van der Waals surface area contributed by atoms with Crippen LogP contribution in [0, 0.1) is 5.41 Å². The number of carbonyl (C=O) groups is 1. The number of aliphatic hydroxyl groups excluding tert-OH is 1. The van der Waals surface area contributed by atoms with Crippen molar-refractivity contribution >= 4 is 17.7 Å². The standard InChI is InChI=1S/C17H27NO2S/c1-13(21-4)10-16(20)18-11-15(17(2,3)12-19)14-8-6-5-7-9-14/h5-9,13,15,19H,10-12H2,1-4H3,(H,18,20). The first-order chi connectivity index (χ1) is 9.90. The summed E-state index contributed by atoms with van der Waals surface area (Å²) in [6.45, 7) is 6.75. The molecule has 1 rings (SSSR count). The lowest BCUT2D eigenvalue weighted by molar-refractivity contribution is -0.121. The van der Waals surface area contributed by atoms with Gasteiger partial charge >= 0.3 is 0 Å². The topological polar surface area (TPSA) is 49.3 Å². The molecular formula is C17H27NO2S. The average molecular weight is 309 g/mol. The Labute approximate surface area is 132 Å². The molecule has 118 valence electrons. The third-order valence-corrected chi connectivity index (χ3v) is 4.90. The number of amides is 1. The van der Waals surface area contributed by atoms with Crippen molar-refractivity contribution in [2.24, 2.45) is 5.41 Å². The van der Waals surface area contributed by atoms with Crippen LogP contribution >= 0.6 is 11.8 Å². The molecule has 2 atom stereocenters. The maximum atomic E-state index is 12.0. The first-order valence-electron chi connectivity index (χ1n) is 7.36. The molecule has 2 unspecified atom stereocenters. The van der Waals surface area contributed by atoms with Crippen LogP contribution in [0.1, 0.15) is 38.7 Å². The fraction of sp³-hybridized carbons (Fsp3) is 0.588. The molecule has 1 aromatic carbocycles. The third kappa shape index (κ3) is 5.71. The number of hydrogen-bond acceptors (Lipinski definition) is 3. The van der Waals surface area contributed by atoms with E-state index in [4.69, 9.17) is 0 Å². The van der Waals surface area contributed by atoms with E-state index in [9.17, 15) is 9.90 Å². The summed E-state index contributed by atoms with van der Waals surface area (Å²) < 4.78 is 0. The summed E-state index contributed by atoms with van der Waals surface area (Å²) in [6, 6.07) is 10.1. The lowest BCUT2D eigenvalue weighted by Gasteiger charge is -2.33. The fourth-order valence-electron chi connectivity index (χ4n) is 2.27. The van der Waals surface area contributed by atoms with Crippen molar-refractivity contribution in [2.75, 3.05) is 19.4 Å². The zero-order valence-corrected chi connectivity index (χ0v) is 14.2. The summed E-state index contributed by atoms with van der Waals surface area (Å²) >= 11 is 1.69. The summed E-state index contributed by atoms with van der Waals surface area (Å²) in [4.78, 5) is 12.0. The van der Waals surface area contributed by atoms with E-state index in [1.54, 1.807) is 11.8 Å². The Morgan fingerprint density at radius 2 is 1.95 bits per heavy atom. The summed E-state index contributed by atoms with van der Waals surface area (Å²) in [5.74, 6) is 0.170. The van der Waals surface area contributed by atoms with Gasteiger partial charge in [0.05, 0.1) is 0 Å². The molecule has 0 saturated heterocycles. The van der Waals surface area contributed by atoms with Gasteiger partial charge in [0.25, 0.3) is 0 Å². The average Bonchev–Trinajstić information content (AvgIpc) is 2.48. The van der Waals surface area contributed by atoms with Gasteiger partial charge in [-0.1, -0.05) is 51.1 Å². The summed E-state index contributed by atoms with van der Waals surface area (Å²) in [6.07, 6.45) is 2.54. The first kappa shape index (κ1) is 18.1. The van der Waals surface area contributed by atoms with Gasteiger partial charge in [0.2, 0.25) is 5.91 Å². The van der Waals surface area contributed by atoms with E-state index in [-0.39, 0.29) is 23.8 Å². The molecule has 0 radical (unpaired) electrons. The van der Waals surface area contributed by atoms with Crippen molar-refractivity contribution in [3.05, 3.63) is 35.9 Å². The normalized spacial score (nSPS) is 14.5. The SMILES string of the molecule is CSC(C)CC(=O)NCC(c1ccccc1)C(C)(C)CO. The number of carbonyl (C=O) groups excluding carboxylic acids is 1. The molecule has 0 aliphatic rings. The van der Waals surface area contributed by atoms with Gasteiger partial charge in [-0.25, -0.2) is 0 Å². The van der Waals surface area contributed by atoms with Crippen molar-refractivity contribution in [1.82, 2.24) is 5.32 Å². The van der Waals surface area contributed by atoms with Crippen LogP contribution < -0.4 is 5.32 Å². The van der Waals surface area contributed by atoms with Gasteiger partial charge in [0, 0.05) is 30.7 Å². The summed E-state index contributed by atoms with van der Waals surface area (Å²) in [5.41, 5.74) is 0.870. The van der Waals surface area contributed by atoms with Crippen LogP contribution in [0.15, 0.2) is 30.3 Å². The quantitative estimate of drug-likeness (QED) is 0.776. The third-order valence-electron chi connectivity index (χ3n) is 3.93. The number of hydrogen-bond donors (Lipinski definition) is 2. The summed E-state index contributed by atoms with van der Waals surface area (Å²) in [5, 5.41) is 13.0. The van der Waals surface area contributed by atoms with Crippen LogP contribution in [-0.2, 0) is 4.79 Å². The Bertz CT molecular complexity index is 434. The number of thioether (sulfide) groups is 1. The monoisotopic (exact) mass is 309 g/mol. The van der Waals surface area contributed by atoms with E-state index in [1.165, 1.54) is 0 Å². The van der Waals surface area contributed by atoms with E-state index >= 15 is 0 Å². The van der Waals surface area contributed by atoms with E-state index in [0.717, 1.165) is 5.56 Å². The molecule has 21 heavy (non-hydrogen) atoms. The molecule has 0 aliphatic heterocycles. The second-order valence-electron chi connectivity index (χ2n) is 6.16. The van der Waals surface area contributed by atoms with Gasteiger partial charge in [-0.2, -0.15) is 11.8 Å². The molecule has 0 aromatic heterocycles. The molecular weight excluding hydrogens is 282 g/mol. The molecule has 0 bridgehead atoms. The Balaban J connectivity index is 2.74. The van der Waals surface area contributed by atoms with Gasteiger partial charge in [-0.05, 0) is 17.2 Å². The predicted molar refractivity (Wildman–Crippen MR) is 90.7 cm³/mol. The van der Waals surface area contributed by atoms with Crippen molar-refractivity contribution in [3.8, 4) is 0 Å². The second kappa shape index (κ2) is 8.44. The van der Waals surface area contributed by atoms with Crippen LogP contribution in [0.4, 0.5) is 0 Å². The lowest BCUT2D eigenvalue weighted by atomic mass is 9.75. The Hall–Kier alpha value is -1.00. The fourth-order valence-corrected chi connectivity index (χ4v) is 2.59. The van der Waals surface area contributed by atoms with Crippen molar-refractivity contribution in [3.63, 3.8) is 0 Å². The van der Waals surface area contributed by atoms with Crippen LogP contribution in [-0.4, -0.2) is 35.7 Å². The molecule has 0 fully saturated rings. The van der Waals surface area contributed by atoms with Crippen molar-refractivity contribution in [1.29, 1.82) is 0 Å². The molecule has 2 N–H and O–H groups in total. The van der Waals surface area contributed by atoms with E-state index in [0.29, 0.717) is 18.2 Å². The molecule has 0 saturated carbocycles. The molecule has 0 heterocycles. The van der Waals surface area contributed by atoms with E-state index in [2.05, 4.69) is 24.4 Å². The number of benzene rings is 1. The smallest absolute Gasteiger partial charge is 0.221 e. The highest BCUT2D eigenvalue weighted by Crippen LogP contribution is 2.34. The highest BCUT2D eigenvalue weighted by molar-refractivity contribution is 7.99. The van der Waals surface area contributed by atoms with Crippen LogP contribution in [0.25, 0.3) is 0 Å². The van der Waals surface area contributed by atoms with Crippen molar-refractivity contribution < 1.29 is 9.90 Å². The van der Waals surface area contributed by atoms with Gasteiger partial charge < -0.3 is 10.4 Å². The Morgan fingerprint density at radius 1 is 1.33 bits per heavy atom. The van der Waals surface area contributed by atoms with Crippen LogP contribution in [0.5, 0.6) is 0 Å². The number of aliphatic hydroxyl groups is 1. The first-order valence-corrected chi connectivity index (χ1v) is 8.64. The predicted octanol–water partition coefficient (Wildman–Crippen LogP) is 3.05. The van der Waals surface area contributed by atoms with Crippen molar-refractivity contribution in [2.45, 2.75) is 38.4 Å². The minimum Gasteiger partial charge on any atom is -0.396 e. The number of nitrogens with one attached hydrogen (secondary N) is 1. The minimum atomic E-state index is -0.278. The van der Waals surface area contributed by atoms with Gasteiger partial charge in [0.1, 0.15) is 0 Å². The zero-order valence-electron chi connectivity index (χ0n) is 13.4. The maximum absolute atomic E-state index is 12.0. The maximum Gasteiger partial charge on any atom is 0.221 e. The van der Waals surface area contributed by atoms with E-state index in [1.807, 2.05) is 38.3 Å². The lowest BCUT2D eigenvalue weighted by Crippen LogP contribution is -2.37. The largest absolute Gasteiger partial charge is 0.396 e. The Morgan fingerprint density at radius 3 is 2.48 bits per heavy atom. The summed E-state index contributed by atoms with van der Waals surface area (Å²) in [7, 11) is 0. The Kier molecular flexibility index (Phi) is 7.26. The van der Waals surface area contributed by atoms with Gasteiger partial charge in [0.15, 0.2) is 0 Å². The highest BCUT2D eigenvalue weighted by atomic mass is 32.2. The van der Waals surface area contributed by atoms with Crippen LogP contribution in [0.3, 0.4) is 0 Å². The second-order valence-corrected chi connectivity index (χ2v) is 7.44. The highest BCUT2D eigenvalue weighted by Gasteiger charge is 2.30. The molecule has 0 aliphatic carbocycles. The molecule has 1 aromatic rings. The molecule has 4 heteroatoms. The molecule has 3 nitrogen and oxygen atoms in total. The molecule has 0 spiro atoms. The van der Waals surface area contributed by atoms with Crippen LogP contribution in [0.2, 0.25) is 0 Å². The van der Waals surface area contributed by atoms with Gasteiger partial charge in [-0.15, -0.1) is 0 Å².